The Morgan fingerprint density at radius 1 is 1.54 bits per heavy atom. The summed E-state index contributed by atoms with van der Waals surface area (Å²) in [6.07, 6.45) is 7.99. The third-order valence-electron chi connectivity index (χ3n) is 3.22. The van der Waals surface area contributed by atoms with Gasteiger partial charge in [0, 0.05) is 15.9 Å². The third kappa shape index (κ3) is 1.74. The van der Waals surface area contributed by atoms with E-state index in [4.69, 9.17) is 4.74 Å². The molecule has 3 atom stereocenters. The van der Waals surface area contributed by atoms with Crippen LogP contribution in [-0.4, -0.2) is 17.1 Å². The number of thioether (sulfide) groups is 1. The summed E-state index contributed by atoms with van der Waals surface area (Å²) in [4.78, 5) is 0. The van der Waals surface area contributed by atoms with Gasteiger partial charge in [0.15, 0.2) is 0 Å². The van der Waals surface area contributed by atoms with E-state index in [9.17, 15) is 0 Å². The minimum absolute atomic E-state index is 0.451. The first-order chi connectivity index (χ1) is 6.24. The second-order valence-electron chi connectivity index (χ2n) is 4.46. The SMILES string of the molecule is C/C=C/OCC1(C)CC2CCC1S2. The molecule has 0 amide bonds. The van der Waals surface area contributed by atoms with Crippen molar-refractivity contribution in [2.24, 2.45) is 5.41 Å². The highest BCUT2D eigenvalue weighted by atomic mass is 32.2. The Bertz CT molecular complexity index is 214. The molecule has 2 fully saturated rings. The number of rotatable bonds is 3. The van der Waals surface area contributed by atoms with Crippen LogP contribution >= 0.6 is 11.8 Å². The predicted molar refractivity (Wildman–Crippen MR) is 57.9 cm³/mol. The molecule has 0 aromatic rings. The van der Waals surface area contributed by atoms with Gasteiger partial charge in [0.1, 0.15) is 0 Å². The van der Waals surface area contributed by atoms with E-state index in [1.807, 2.05) is 19.3 Å². The molecule has 2 aliphatic heterocycles. The lowest BCUT2D eigenvalue weighted by atomic mass is 9.76. The number of allylic oxidation sites excluding steroid dienone is 1. The van der Waals surface area contributed by atoms with Crippen LogP contribution in [0.15, 0.2) is 12.3 Å². The molecule has 2 heteroatoms. The molecule has 0 N–H and O–H groups in total. The summed E-state index contributed by atoms with van der Waals surface area (Å²) in [6.45, 7) is 5.29. The van der Waals surface area contributed by atoms with Gasteiger partial charge in [-0.15, -0.1) is 0 Å². The first-order valence-electron chi connectivity index (χ1n) is 5.13. The van der Waals surface area contributed by atoms with E-state index in [1.54, 1.807) is 0 Å². The van der Waals surface area contributed by atoms with Crippen molar-refractivity contribution in [3.63, 3.8) is 0 Å². The summed E-state index contributed by atoms with van der Waals surface area (Å²) in [5.74, 6) is 0. The topological polar surface area (TPSA) is 9.23 Å². The van der Waals surface area contributed by atoms with Gasteiger partial charge in [0.25, 0.3) is 0 Å². The standard InChI is InChI=1S/C11H18OS/c1-3-6-12-8-11(2)7-9-4-5-10(11)13-9/h3,6,9-10H,4-5,7-8H2,1-2H3/b6-3+. The van der Waals surface area contributed by atoms with Crippen molar-refractivity contribution in [2.75, 3.05) is 6.61 Å². The Kier molecular flexibility index (Phi) is 2.59. The molecule has 0 aromatic carbocycles. The Morgan fingerprint density at radius 2 is 2.38 bits per heavy atom. The van der Waals surface area contributed by atoms with Crippen LogP contribution in [0.5, 0.6) is 0 Å². The zero-order valence-corrected chi connectivity index (χ0v) is 9.27. The van der Waals surface area contributed by atoms with Crippen molar-refractivity contribution in [3.05, 3.63) is 12.3 Å². The van der Waals surface area contributed by atoms with Crippen LogP contribution < -0.4 is 0 Å². The number of fused-ring (bicyclic) bond motifs is 2. The zero-order chi connectivity index (χ0) is 9.31. The van der Waals surface area contributed by atoms with Crippen molar-refractivity contribution in [3.8, 4) is 0 Å². The van der Waals surface area contributed by atoms with Crippen LogP contribution in [0, 0.1) is 5.41 Å². The third-order valence-corrected chi connectivity index (χ3v) is 5.14. The molecular weight excluding hydrogens is 180 g/mol. The van der Waals surface area contributed by atoms with E-state index in [0.29, 0.717) is 5.41 Å². The quantitative estimate of drug-likeness (QED) is 0.644. The van der Waals surface area contributed by atoms with Crippen LogP contribution in [0.1, 0.15) is 33.1 Å². The molecule has 2 bridgehead atoms. The summed E-state index contributed by atoms with van der Waals surface area (Å²) in [5.41, 5.74) is 0.451. The van der Waals surface area contributed by atoms with Gasteiger partial charge in [-0.1, -0.05) is 13.0 Å². The van der Waals surface area contributed by atoms with Gasteiger partial charge >= 0.3 is 0 Å². The highest BCUT2D eigenvalue weighted by molar-refractivity contribution is 8.01. The predicted octanol–water partition coefficient (Wildman–Crippen LogP) is 3.21. The molecule has 1 nitrogen and oxygen atoms in total. The Labute approximate surface area is 84.9 Å². The fourth-order valence-corrected chi connectivity index (χ4v) is 4.49. The van der Waals surface area contributed by atoms with Gasteiger partial charge in [-0.2, -0.15) is 11.8 Å². The van der Waals surface area contributed by atoms with Crippen LogP contribution in [-0.2, 0) is 4.74 Å². The number of hydrogen-bond donors (Lipinski definition) is 0. The van der Waals surface area contributed by atoms with Crippen LogP contribution in [0.25, 0.3) is 0 Å². The van der Waals surface area contributed by atoms with Crippen LogP contribution in [0.4, 0.5) is 0 Å². The van der Waals surface area contributed by atoms with Crippen LogP contribution in [0.3, 0.4) is 0 Å². The van der Waals surface area contributed by atoms with Crippen molar-refractivity contribution in [1.29, 1.82) is 0 Å². The summed E-state index contributed by atoms with van der Waals surface area (Å²) in [6, 6.07) is 0. The average Bonchev–Trinajstić information content (AvgIpc) is 2.64. The van der Waals surface area contributed by atoms with Gasteiger partial charge in [-0.3, -0.25) is 0 Å². The van der Waals surface area contributed by atoms with Crippen molar-refractivity contribution in [2.45, 2.75) is 43.6 Å². The van der Waals surface area contributed by atoms with Crippen molar-refractivity contribution in [1.82, 2.24) is 0 Å². The number of hydrogen-bond acceptors (Lipinski definition) is 2. The van der Waals surface area contributed by atoms with Gasteiger partial charge in [0.05, 0.1) is 12.9 Å². The lowest BCUT2D eigenvalue weighted by Gasteiger charge is -2.31. The molecule has 2 aliphatic rings. The van der Waals surface area contributed by atoms with Crippen molar-refractivity contribution >= 4 is 11.8 Å². The highest BCUT2D eigenvalue weighted by Gasteiger charge is 2.48. The zero-order valence-electron chi connectivity index (χ0n) is 8.45. The monoisotopic (exact) mass is 198 g/mol. The summed E-state index contributed by atoms with van der Waals surface area (Å²) < 4.78 is 5.53. The smallest absolute Gasteiger partial charge is 0.0937 e. The van der Waals surface area contributed by atoms with E-state index in [2.05, 4.69) is 18.7 Å². The van der Waals surface area contributed by atoms with E-state index < -0.39 is 0 Å². The minimum Gasteiger partial charge on any atom is -0.501 e. The van der Waals surface area contributed by atoms with Crippen molar-refractivity contribution < 1.29 is 4.74 Å². The Hall–Kier alpha value is -0.110. The summed E-state index contributed by atoms with van der Waals surface area (Å²) >= 11 is 2.19. The average molecular weight is 198 g/mol. The molecular formula is C11H18OS. The van der Waals surface area contributed by atoms with E-state index in [1.165, 1.54) is 19.3 Å². The molecule has 3 unspecified atom stereocenters. The fourth-order valence-electron chi connectivity index (χ4n) is 2.51. The van der Waals surface area contributed by atoms with Gasteiger partial charge in [-0.25, -0.2) is 0 Å². The minimum atomic E-state index is 0.451. The molecule has 13 heavy (non-hydrogen) atoms. The van der Waals surface area contributed by atoms with E-state index >= 15 is 0 Å². The Morgan fingerprint density at radius 3 is 2.92 bits per heavy atom. The maximum Gasteiger partial charge on any atom is 0.0937 e. The normalized spacial score (nSPS) is 43.2. The molecule has 0 saturated carbocycles. The number of ether oxygens (including phenoxy) is 1. The largest absolute Gasteiger partial charge is 0.501 e. The Balaban J connectivity index is 1.90. The van der Waals surface area contributed by atoms with Gasteiger partial charge in [-0.05, 0) is 26.2 Å². The molecule has 74 valence electrons. The molecule has 0 spiro atoms. The molecule has 0 radical (unpaired) electrons. The lowest BCUT2D eigenvalue weighted by molar-refractivity contribution is 0.105. The van der Waals surface area contributed by atoms with Gasteiger partial charge < -0.3 is 4.74 Å². The second-order valence-corrected chi connectivity index (χ2v) is 5.97. The molecule has 0 aromatic heterocycles. The molecule has 2 rings (SSSR count). The first kappa shape index (κ1) is 9.45. The second kappa shape index (κ2) is 3.56. The molecule has 0 aliphatic carbocycles. The summed E-state index contributed by atoms with van der Waals surface area (Å²) in [7, 11) is 0. The van der Waals surface area contributed by atoms with Gasteiger partial charge in [0.2, 0.25) is 0 Å². The summed E-state index contributed by atoms with van der Waals surface area (Å²) in [5, 5.41) is 1.80. The maximum atomic E-state index is 5.53. The molecule has 2 heterocycles. The molecule has 2 saturated heterocycles. The first-order valence-corrected chi connectivity index (χ1v) is 6.07. The highest BCUT2D eigenvalue weighted by Crippen LogP contribution is 2.56. The lowest BCUT2D eigenvalue weighted by Crippen LogP contribution is -2.32. The maximum absolute atomic E-state index is 5.53. The van der Waals surface area contributed by atoms with E-state index in [-0.39, 0.29) is 0 Å². The van der Waals surface area contributed by atoms with E-state index in [0.717, 1.165) is 17.1 Å². The fraction of sp³-hybridized carbons (Fsp3) is 0.818. The van der Waals surface area contributed by atoms with Crippen LogP contribution in [0.2, 0.25) is 0 Å².